The molecule has 1 spiro atoms. The lowest BCUT2D eigenvalue weighted by Crippen LogP contribution is -2.23. The van der Waals surface area contributed by atoms with Gasteiger partial charge in [0.25, 0.3) is 0 Å². The van der Waals surface area contributed by atoms with Crippen LogP contribution >= 0.6 is 0 Å². The van der Waals surface area contributed by atoms with Crippen LogP contribution in [-0.4, -0.2) is 19.1 Å². The molecule has 1 saturated heterocycles. The van der Waals surface area contributed by atoms with E-state index in [0.29, 0.717) is 17.9 Å². The van der Waals surface area contributed by atoms with Gasteiger partial charge in [-0.2, -0.15) is 5.26 Å². The molecule has 2 unspecified atom stereocenters. The summed E-state index contributed by atoms with van der Waals surface area (Å²) in [6.45, 7) is 2.39. The third-order valence-corrected chi connectivity index (χ3v) is 4.64. The summed E-state index contributed by atoms with van der Waals surface area (Å²) in [5.41, 5.74) is 2.85. The van der Waals surface area contributed by atoms with Gasteiger partial charge in [-0.15, -0.1) is 0 Å². The summed E-state index contributed by atoms with van der Waals surface area (Å²) in [5, 5.41) is 15.8. The Morgan fingerprint density at radius 3 is 2.84 bits per heavy atom. The van der Waals surface area contributed by atoms with Crippen LogP contribution in [0.4, 0.5) is 5.69 Å². The lowest BCUT2D eigenvalue weighted by atomic mass is 9.85. The second kappa shape index (κ2) is 5.22. The first kappa shape index (κ1) is 12.5. The first-order valence-electron chi connectivity index (χ1n) is 7.23. The first-order valence-corrected chi connectivity index (χ1v) is 7.23. The Bertz CT molecular complexity index is 466. The maximum Gasteiger partial charge on any atom is 0.0669 e. The van der Waals surface area contributed by atoms with E-state index in [9.17, 15) is 0 Å². The van der Waals surface area contributed by atoms with Gasteiger partial charge in [0.05, 0.1) is 12.5 Å². The molecule has 19 heavy (non-hydrogen) atoms. The van der Waals surface area contributed by atoms with Crippen LogP contribution in [0.5, 0.6) is 0 Å². The minimum atomic E-state index is 0.499. The molecule has 3 heteroatoms. The zero-order chi connectivity index (χ0) is 13.1. The molecule has 2 N–H and O–H groups in total. The molecule has 100 valence electrons. The van der Waals surface area contributed by atoms with Crippen LogP contribution in [0, 0.1) is 16.7 Å². The zero-order valence-corrected chi connectivity index (χ0v) is 11.3. The van der Waals surface area contributed by atoms with Crippen LogP contribution in [-0.2, 0) is 6.42 Å². The number of nitrogens with one attached hydrogen (secondary N) is 2. The average molecular weight is 255 g/mol. The summed E-state index contributed by atoms with van der Waals surface area (Å²) < 4.78 is 0. The van der Waals surface area contributed by atoms with Crippen LogP contribution in [0.15, 0.2) is 24.3 Å². The van der Waals surface area contributed by atoms with Gasteiger partial charge < -0.3 is 10.6 Å². The summed E-state index contributed by atoms with van der Waals surface area (Å²) in [6.07, 6.45) is 5.76. The first-order chi connectivity index (χ1) is 9.30. The number of nitriles is 1. The van der Waals surface area contributed by atoms with Gasteiger partial charge in [0.2, 0.25) is 0 Å². The van der Waals surface area contributed by atoms with Crippen LogP contribution in [0.1, 0.15) is 31.2 Å². The van der Waals surface area contributed by atoms with Crippen molar-refractivity contribution in [3.8, 4) is 6.07 Å². The summed E-state index contributed by atoms with van der Waals surface area (Å²) in [6, 6.07) is 11.1. The number of benzene rings is 1. The van der Waals surface area contributed by atoms with Crippen molar-refractivity contribution >= 4 is 5.69 Å². The van der Waals surface area contributed by atoms with Crippen LogP contribution in [0.3, 0.4) is 0 Å². The highest BCUT2D eigenvalue weighted by Gasteiger charge is 2.40. The van der Waals surface area contributed by atoms with Gasteiger partial charge in [-0.3, -0.25) is 0 Å². The molecule has 3 nitrogen and oxygen atoms in total. The highest BCUT2D eigenvalue weighted by atomic mass is 15.0. The third-order valence-electron chi connectivity index (χ3n) is 4.64. The Balaban J connectivity index is 1.58. The topological polar surface area (TPSA) is 47.9 Å². The SMILES string of the molecule is N#CCc1ccc(NC2CCC3(CCNC3)C2)cc1. The predicted molar refractivity (Wildman–Crippen MR) is 76.9 cm³/mol. The van der Waals surface area contributed by atoms with Gasteiger partial charge in [-0.25, -0.2) is 0 Å². The van der Waals surface area contributed by atoms with E-state index in [1.54, 1.807) is 0 Å². The van der Waals surface area contributed by atoms with Crippen molar-refractivity contribution in [2.75, 3.05) is 18.4 Å². The molecule has 0 aromatic heterocycles. The maximum atomic E-state index is 8.67. The third kappa shape index (κ3) is 2.74. The fourth-order valence-corrected chi connectivity index (χ4v) is 3.56. The molecule has 2 aliphatic rings. The smallest absolute Gasteiger partial charge is 0.0669 e. The van der Waals surface area contributed by atoms with E-state index in [1.165, 1.54) is 44.5 Å². The quantitative estimate of drug-likeness (QED) is 0.873. The molecule has 0 amide bonds. The molecule has 1 saturated carbocycles. The van der Waals surface area contributed by atoms with E-state index in [4.69, 9.17) is 5.26 Å². The van der Waals surface area contributed by atoms with Gasteiger partial charge in [0.15, 0.2) is 0 Å². The standard InChI is InChI=1S/C16H21N3/c17-9-6-13-1-3-14(4-2-13)19-15-5-7-16(11-15)8-10-18-12-16/h1-4,15,18-19H,5-8,10-12H2. The van der Waals surface area contributed by atoms with Crippen molar-refractivity contribution in [1.29, 1.82) is 5.26 Å². The molecule has 0 radical (unpaired) electrons. The highest BCUT2D eigenvalue weighted by Crippen LogP contribution is 2.43. The van der Waals surface area contributed by atoms with Crippen molar-refractivity contribution < 1.29 is 0 Å². The van der Waals surface area contributed by atoms with E-state index in [1.807, 2.05) is 12.1 Å². The maximum absolute atomic E-state index is 8.67. The fourth-order valence-electron chi connectivity index (χ4n) is 3.56. The summed E-state index contributed by atoms with van der Waals surface area (Å²) in [4.78, 5) is 0. The Hall–Kier alpha value is -1.53. The average Bonchev–Trinajstić information content (AvgIpc) is 3.03. The summed E-state index contributed by atoms with van der Waals surface area (Å²) in [5.74, 6) is 0. The van der Waals surface area contributed by atoms with Gasteiger partial charge in [-0.05, 0) is 55.3 Å². The lowest BCUT2D eigenvalue weighted by Gasteiger charge is -2.22. The van der Waals surface area contributed by atoms with Gasteiger partial charge in [0, 0.05) is 18.3 Å². The number of hydrogen-bond donors (Lipinski definition) is 2. The van der Waals surface area contributed by atoms with Gasteiger partial charge in [0.1, 0.15) is 0 Å². The summed E-state index contributed by atoms with van der Waals surface area (Å²) >= 11 is 0. The van der Waals surface area contributed by atoms with Gasteiger partial charge >= 0.3 is 0 Å². The number of rotatable bonds is 3. The highest BCUT2D eigenvalue weighted by molar-refractivity contribution is 5.46. The molecule has 2 fully saturated rings. The van der Waals surface area contributed by atoms with Crippen molar-refractivity contribution in [3.05, 3.63) is 29.8 Å². The van der Waals surface area contributed by atoms with E-state index in [-0.39, 0.29) is 0 Å². The number of anilines is 1. The Labute approximate surface area is 115 Å². The minimum Gasteiger partial charge on any atom is -0.382 e. The number of nitrogens with zero attached hydrogens (tertiary/aromatic N) is 1. The van der Waals surface area contributed by atoms with Crippen molar-refractivity contribution in [2.45, 2.75) is 38.1 Å². The van der Waals surface area contributed by atoms with E-state index >= 15 is 0 Å². The normalized spacial score (nSPS) is 29.5. The lowest BCUT2D eigenvalue weighted by molar-refractivity contribution is 0.333. The van der Waals surface area contributed by atoms with Crippen molar-refractivity contribution in [3.63, 3.8) is 0 Å². The van der Waals surface area contributed by atoms with E-state index in [2.05, 4.69) is 28.8 Å². The second-order valence-corrected chi connectivity index (χ2v) is 6.04. The van der Waals surface area contributed by atoms with E-state index < -0.39 is 0 Å². The Morgan fingerprint density at radius 1 is 1.32 bits per heavy atom. The van der Waals surface area contributed by atoms with Crippen molar-refractivity contribution in [1.82, 2.24) is 5.32 Å². The zero-order valence-electron chi connectivity index (χ0n) is 11.3. The fraction of sp³-hybridized carbons (Fsp3) is 0.562. The Kier molecular flexibility index (Phi) is 3.44. The molecule has 1 aliphatic carbocycles. The van der Waals surface area contributed by atoms with Gasteiger partial charge in [-0.1, -0.05) is 12.1 Å². The molecular formula is C16H21N3. The summed E-state index contributed by atoms with van der Waals surface area (Å²) in [7, 11) is 0. The molecule has 1 heterocycles. The van der Waals surface area contributed by atoms with Crippen LogP contribution in [0.2, 0.25) is 0 Å². The van der Waals surface area contributed by atoms with Crippen LogP contribution in [0.25, 0.3) is 0 Å². The molecule has 2 atom stereocenters. The number of hydrogen-bond acceptors (Lipinski definition) is 3. The van der Waals surface area contributed by atoms with Crippen molar-refractivity contribution in [2.24, 2.45) is 5.41 Å². The molecule has 1 aromatic carbocycles. The molecule has 1 aromatic rings. The monoisotopic (exact) mass is 255 g/mol. The largest absolute Gasteiger partial charge is 0.382 e. The predicted octanol–water partition coefficient (Wildman–Crippen LogP) is 2.70. The minimum absolute atomic E-state index is 0.499. The molecular weight excluding hydrogens is 234 g/mol. The van der Waals surface area contributed by atoms with E-state index in [0.717, 1.165) is 5.56 Å². The molecule has 0 bridgehead atoms. The second-order valence-electron chi connectivity index (χ2n) is 6.04. The molecule has 3 rings (SSSR count). The molecule has 1 aliphatic heterocycles. The Morgan fingerprint density at radius 2 is 2.16 bits per heavy atom. The van der Waals surface area contributed by atoms with Crippen LogP contribution < -0.4 is 10.6 Å².